The van der Waals surface area contributed by atoms with Crippen LogP contribution in [0.4, 0.5) is 0 Å². The number of benzene rings is 1. The van der Waals surface area contributed by atoms with Gasteiger partial charge < -0.3 is 5.32 Å². The van der Waals surface area contributed by atoms with E-state index in [1.54, 1.807) is 0 Å². The van der Waals surface area contributed by atoms with Crippen molar-refractivity contribution < 1.29 is 0 Å². The van der Waals surface area contributed by atoms with Gasteiger partial charge in [0.15, 0.2) is 0 Å². The van der Waals surface area contributed by atoms with Gasteiger partial charge in [-0.3, -0.25) is 0 Å². The third kappa shape index (κ3) is 1.87. The third-order valence-corrected chi connectivity index (χ3v) is 2.93. The first-order valence-corrected chi connectivity index (χ1v) is 5.14. The lowest BCUT2D eigenvalue weighted by molar-refractivity contribution is 0.647. The molecule has 2 heteroatoms. The van der Waals surface area contributed by atoms with Gasteiger partial charge in [-0.2, -0.15) is 0 Å². The van der Waals surface area contributed by atoms with Crippen molar-refractivity contribution in [3.63, 3.8) is 0 Å². The fourth-order valence-electron chi connectivity index (χ4n) is 1.88. The molecule has 0 unspecified atom stereocenters. The molecule has 1 fully saturated rings. The summed E-state index contributed by atoms with van der Waals surface area (Å²) in [4.78, 5) is 0. The van der Waals surface area contributed by atoms with E-state index in [-0.39, 0.29) is 0 Å². The summed E-state index contributed by atoms with van der Waals surface area (Å²) in [5, 5.41) is 4.35. The molecule has 0 radical (unpaired) electrons. The van der Waals surface area contributed by atoms with Crippen LogP contribution >= 0.6 is 11.6 Å². The first-order chi connectivity index (χ1) is 6.27. The zero-order chi connectivity index (χ0) is 9.26. The van der Waals surface area contributed by atoms with Gasteiger partial charge in [-0.05, 0) is 37.9 Å². The molecule has 0 spiro atoms. The first-order valence-electron chi connectivity index (χ1n) is 4.77. The summed E-state index contributed by atoms with van der Waals surface area (Å²) in [6.07, 6.45) is 2.47. The van der Waals surface area contributed by atoms with Crippen molar-refractivity contribution in [1.29, 1.82) is 0 Å². The van der Waals surface area contributed by atoms with E-state index in [1.807, 2.05) is 6.07 Å². The first kappa shape index (κ1) is 9.04. The maximum atomic E-state index is 6.14. The largest absolute Gasteiger partial charge is 0.310 e. The standard InChI is InChI=1S/C11H14ClN/c1-8-4-5-10(12)9(7-8)11-3-2-6-13-11/h4-5,7,11,13H,2-3,6H2,1H3/t11-/m1/s1. The van der Waals surface area contributed by atoms with Gasteiger partial charge in [0.05, 0.1) is 0 Å². The van der Waals surface area contributed by atoms with Gasteiger partial charge in [0.25, 0.3) is 0 Å². The van der Waals surface area contributed by atoms with Crippen LogP contribution < -0.4 is 5.32 Å². The van der Waals surface area contributed by atoms with Crippen LogP contribution in [0.2, 0.25) is 5.02 Å². The van der Waals surface area contributed by atoms with Crippen LogP contribution in [0.25, 0.3) is 0 Å². The molecule has 1 aliphatic rings. The quantitative estimate of drug-likeness (QED) is 0.727. The second kappa shape index (κ2) is 3.69. The van der Waals surface area contributed by atoms with E-state index in [4.69, 9.17) is 11.6 Å². The minimum Gasteiger partial charge on any atom is -0.310 e. The summed E-state index contributed by atoms with van der Waals surface area (Å²) in [7, 11) is 0. The minimum absolute atomic E-state index is 0.479. The molecular formula is C11H14ClN. The highest BCUT2D eigenvalue weighted by molar-refractivity contribution is 6.31. The Bertz CT molecular complexity index is 303. The third-order valence-electron chi connectivity index (χ3n) is 2.59. The van der Waals surface area contributed by atoms with Gasteiger partial charge >= 0.3 is 0 Å². The van der Waals surface area contributed by atoms with Crippen molar-refractivity contribution in [2.45, 2.75) is 25.8 Å². The van der Waals surface area contributed by atoms with E-state index < -0.39 is 0 Å². The van der Waals surface area contributed by atoms with Crippen LogP contribution in [0.5, 0.6) is 0 Å². The molecule has 1 aromatic rings. The monoisotopic (exact) mass is 195 g/mol. The minimum atomic E-state index is 0.479. The Hall–Kier alpha value is -0.530. The Labute approximate surface area is 84.1 Å². The second-order valence-electron chi connectivity index (χ2n) is 3.67. The van der Waals surface area contributed by atoms with E-state index in [2.05, 4.69) is 24.4 Å². The molecule has 0 aliphatic carbocycles. The Morgan fingerprint density at radius 2 is 2.31 bits per heavy atom. The lowest BCUT2D eigenvalue weighted by Gasteiger charge is -2.13. The summed E-state index contributed by atoms with van der Waals surface area (Å²) >= 11 is 6.14. The average molecular weight is 196 g/mol. The number of hydrogen-bond acceptors (Lipinski definition) is 1. The molecule has 0 amide bonds. The second-order valence-corrected chi connectivity index (χ2v) is 4.08. The summed E-state index contributed by atoms with van der Waals surface area (Å²) in [5.74, 6) is 0. The van der Waals surface area contributed by atoms with Gasteiger partial charge in [0.1, 0.15) is 0 Å². The molecule has 0 bridgehead atoms. The molecule has 0 aromatic heterocycles. The van der Waals surface area contributed by atoms with Gasteiger partial charge in [0.2, 0.25) is 0 Å². The zero-order valence-electron chi connectivity index (χ0n) is 7.81. The van der Waals surface area contributed by atoms with E-state index in [0.717, 1.165) is 11.6 Å². The number of halogens is 1. The van der Waals surface area contributed by atoms with Crippen molar-refractivity contribution in [3.05, 3.63) is 34.3 Å². The number of nitrogens with one attached hydrogen (secondary N) is 1. The Morgan fingerprint density at radius 1 is 1.46 bits per heavy atom. The van der Waals surface area contributed by atoms with Crippen LogP contribution in [0.3, 0.4) is 0 Å². The van der Waals surface area contributed by atoms with Gasteiger partial charge in [-0.25, -0.2) is 0 Å². The number of hydrogen-bond donors (Lipinski definition) is 1. The smallest absolute Gasteiger partial charge is 0.0453 e. The maximum Gasteiger partial charge on any atom is 0.0453 e. The Balaban J connectivity index is 2.32. The highest BCUT2D eigenvalue weighted by atomic mass is 35.5. The van der Waals surface area contributed by atoms with Crippen LogP contribution in [-0.2, 0) is 0 Å². The van der Waals surface area contributed by atoms with Crippen molar-refractivity contribution in [2.75, 3.05) is 6.54 Å². The summed E-state index contributed by atoms with van der Waals surface area (Å²) in [6.45, 7) is 3.23. The Morgan fingerprint density at radius 3 is 3.00 bits per heavy atom. The van der Waals surface area contributed by atoms with Crippen LogP contribution in [0, 0.1) is 6.92 Å². The molecule has 1 atom stereocenters. The fourth-order valence-corrected chi connectivity index (χ4v) is 2.13. The SMILES string of the molecule is Cc1ccc(Cl)c([C@H]2CCCN2)c1. The molecule has 70 valence electrons. The molecule has 1 saturated heterocycles. The molecule has 1 N–H and O–H groups in total. The molecule has 0 saturated carbocycles. The molecule has 1 heterocycles. The van der Waals surface area contributed by atoms with Crippen LogP contribution in [-0.4, -0.2) is 6.54 Å². The average Bonchev–Trinajstić information content (AvgIpc) is 2.61. The van der Waals surface area contributed by atoms with Gasteiger partial charge in [0, 0.05) is 11.1 Å². The highest BCUT2D eigenvalue weighted by Gasteiger charge is 2.18. The topological polar surface area (TPSA) is 12.0 Å². The number of rotatable bonds is 1. The van der Waals surface area contributed by atoms with E-state index in [0.29, 0.717) is 6.04 Å². The lowest BCUT2D eigenvalue weighted by Crippen LogP contribution is -2.13. The van der Waals surface area contributed by atoms with Crippen molar-refractivity contribution in [3.8, 4) is 0 Å². The lowest BCUT2D eigenvalue weighted by atomic mass is 10.0. The maximum absolute atomic E-state index is 6.14. The Kier molecular flexibility index (Phi) is 2.56. The fraction of sp³-hybridized carbons (Fsp3) is 0.455. The molecular weight excluding hydrogens is 182 g/mol. The predicted octanol–water partition coefficient (Wildman–Crippen LogP) is 3.07. The van der Waals surface area contributed by atoms with E-state index in [1.165, 1.54) is 24.0 Å². The molecule has 1 nitrogen and oxygen atoms in total. The van der Waals surface area contributed by atoms with Crippen molar-refractivity contribution in [2.24, 2.45) is 0 Å². The van der Waals surface area contributed by atoms with E-state index in [9.17, 15) is 0 Å². The molecule has 2 rings (SSSR count). The van der Waals surface area contributed by atoms with Gasteiger partial charge in [-0.15, -0.1) is 0 Å². The van der Waals surface area contributed by atoms with Crippen molar-refractivity contribution in [1.82, 2.24) is 5.32 Å². The van der Waals surface area contributed by atoms with Crippen LogP contribution in [0.15, 0.2) is 18.2 Å². The zero-order valence-corrected chi connectivity index (χ0v) is 8.56. The predicted molar refractivity (Wildman–Crippen MR) is 56.2 cm³/mol. The molecule has 1 aromatic carbocycles. The highest BCUT2D eigenvalue weighted by Crippen LogP contribution is 2.29. The summed E-state index contributed by atoms with van der Waals surface area (Å²) < 4.78 is 0. The molecule has 13 heavy (non-hydrogen) atoms. The number of aryl methyl sites for hydroxylation is 1. The van der Waals surface area contributed by atoms with Crippen LogP contribution in [0.1, 0.15) is 30.0 Å². The summed E-state index contributed by atoms with van der Waals surface area (Å²) in [6, 6.07) is 6.71. The van der Waals surface area contributed by atoms with E-state index >= 15 is 0 Å². The van der Waals surface area contributed by atoms with Gasteiger partial charge in [-0.1, -0.05) is 29.3 Å². The van der Waals surface area contributed by atoms with Crippen molar-refractivity contribution >= 4 is 11.6 Å². The normalized spacial score (nSPS) is 22.2. The molecule has 1 aliphatic heterocycles. The summed E-state index contributed by atoms with van der Waals surface area (Å²) in [5.41, 5.74) is 2.55.